The summed E-state index contributed by atoms with van der Waals surface area (Å²) in [6.45, 7) is 4.10. The molecule has 33 heavy (non-hydrogen) atoms. The molecular weight excluding hydrogens is 550 g/mol. The number of methoxy groups -OCH3 is 1. The van der Waals surface area contributed by atoms with Gasteiger partial charge >= 0.3 is 5.97 Å². The van der Waals surface area contributed by atoms with Gasteiger partial charge < -0.3 is 14.6 Å². The summed E-state index contributed by atoms with van der Waals surface area (Å²) < 4.78 is 12.5. The van der Waals surface area contributed by atoms with E-state index in [9.17, 15) is 9.90 Å². The number of aryl methyl sites for hydroxylation is 3. The van der Waals surface area contributed by atoms with Gasteiger partial charge in [-0.25, -0.2) is 0 Å². The van der Waals surface area contributed by atoms with Gasteiger partial charge in [-0.2, -0.15) is 0 Å². The van der Waals surface area contributed by atoms with Gasteiger partial charge in [-0.05, 0) is 110 Å². The maximum Gasteiger partial charge on any atom is 0.305 e. The van der Waals surface area contributed by atoms with Crippen molar-refractivity contribution < 1.29 is 19.4 Å². The van der Waals surface area contributed by atoms with Crippen molar-refractivity contribution in [3.05, 3.63) is 80.0 Å². The van der Waals surface area contributed by atoms with Crippen LogP contribution in [0.2, 0.25) is 0 Å². The number of hydrogen-bond acceptors (Lipinski definition) is 5. The van der Waals surface area contributed by atoms with E-state index >= 15 is 0 Å². The summed E-state index contributed by atoms with van der Waals surface area (Å²) in [7, 11) is 1.39. The quantitative estimate of drug-likeness (QED) is 0.275. The number of benzene rings is 2. The van der Waals surface area contributed by atoms with Crippen LogP contribution in [0.25, 0.3) is 0 Å². The van der Waals surface area contributed by atoms with E-state index in [1.807, 2.05) is 50.2 Å². The van der Waals surface area contributed by atoms with E-state index in [0.29, 0.717) is 36.5 Å². The summed E-state index contributed by atoms with van der Waals surface area (Å²) in [6.07, 6.45) is 5.91. The number of pyridine rings is 1. The molecule has 5 nitrogen and oxygen atoms in total. The van der Waals surface area contributed by atoms with Crippen molar-refractivity contribution in [3.8, 4) is 17.2 Å². The summed E-state index contributed by atoms with van der Waals surface area (Å²) in [5.41, 5.74) is 3.84. The molecule has 0 fully saturated rings. The predicted octanol–water partition coefficient (Wildman–Crippen LogP) is 7.12. The summed E-state index contributed by atoms with van der Waals surface area (Å²) in [5.74, 6) is 1.51. The van der Waals surface area contributed by atoms with Gasteiger partial charge in [0.05, 0.1) is 16.1 Å². The third kappa shape index (κ3) is 6.81. The lowest BCUT2D eigenvalue weighted by Crippen LogP contribution is -2.02. The highest BCUT2D eigenvalue weighted by Crippen LogP contribution is 2.41. The Kier molecular flexibility index (Phi) is 8.92. The Hall–Kier alpha value is -2.38. The number of carbonyl (C=O) groups excluding carboxylic acids is 1. The molecule has 1 heterocycles. The van der Waals surface area contributed by atoms with Gasteiger partial charge in [0.2, 0.25) is 0 Å². The molecule has 0 radical (unpaired) electrons. The second kappa shape index (κ2) is 11.7. The Labute approximate surface area is 211 Å². The van der Waals surface area contributed by atoms with E-state index in [4.69, 9.17) is 9.47 Å². The van der Waals surface area contributed by atoms with Gasteiger partial charge in [0.1, 0.15) is 11.5 Å². The van der Waals surface area contributed by atoms with Gasteiger partial charge in [0.25, 0.3) is 0 Å². The van der Waals surface area contributed by atoms with Gasteiger partial charge in [0.15, 0.2) is 5.75 Å². The molecule has 0 atom stereocenters. The van der Waals surface area contributed by atoms with Crippen LogP contribution in [0.1, 0.15) is 48.4 Å². The molecule has 1 aromatic heterocycles. The first-order chi connectivity index (χ1) is 15.8. The van der Waals surface area contributed by atoms with Crippen molar-refractivity contribution in [1.82, 2.24) is 4.98 Å². The van der Waals surface area contributed by atoms with E-state index in [0.717, 1.165) is 37.6 Å². The number of esters is 1. The van der Waals surface area contributed by atoms with Crippen molar-refractivity contribution in [1.29, 1.82) is 0 Å². The molecule has 0 aliphatic heterocycles. The van der Waals surface area contributed by atoms with Crippen molar-refractivity contribution in [2.45, 2.75) is 45.4 Å². The van der Waals surface area contributed by atoms with Crippen LogP contribution in [0, 0.1) is 0 Å². The van der Waals surface area contributed by atoms with Crippen molar-refractivity contribution >= 4 is 37.8 Å². The molecule has 7 heteroatoms. The summed E-state index contributed by atoms with van der Waals surface area (Å²) in [5, 5.41) is 10.9. The van der Waals surface area contributed by atoms with Crippen LogP contribution in [0.3, 0.4) is 0 Å². The minimum absolute atomic E-state index is 0.140. The zero-order chi connectivity index (χ0) is 24.0. The number of phenolic OH excluding ortho intramolecular Hbond substituents is 1. The van der Waals surface area contributed by atoms with Gasteiger partial charge in [0, 0.05) is 24.4 Å². The number of phenols is 1. The minimum Gasteiger partial charge on any atom is -0.507 e. The fourth-order valence-corrected chi connectivity index (χ4v) is 4.97. The molecule has 0 aliphatic rings. The smallest absolute Gasteiger partial charge is 0.305 e. The first-order valence-corrected chi connectivity index (χ1v) is 12.3. The SMILES string of the molecule is COC(=O)CCc1cc(Br)c(Oc2cc(CCc3ccncc3)c(O)c(C(C)C)c2)c(Br)c1. The first-order valence-electron chi connectivity index (χ1n) is 10.8. The number of carbonyl (C=O) groups is 1. The van der Waals surface area contributed by atoms with Crippen LogP contribution in [0.5, 0.6) is 17.2 Å². The fourth-order valence-electron chi connectivity index (χ4n) is 3.53. The molecule has 0 unspecified atom stereocenters. The van der Waals surface area contributed by atoms with Crippen LogP contribution >= 0.6 is 31.9 Å². The Bertz CT molecular complexity index is 1090. The Balaban J connectivity index is 1.86. The number of aromatic hydroxyl groups is 1. The van der Waals surface area contributed by atoms with Crippen LogP contribution < -0.4 is 4.74 Å². The summed E-state index contributed by atoms with van der Waals surface area (Å²) >= 11 is 7.19. The van der Waals surface area contributed by atoms with Crippen LogP contribution in [0.4, 0.5) is 0 Å². The number of nitrogens with zero attached hydrogens (tertiary/aromatic N) is 1. The summed E-state index contributed by atoms with van der Waals surface area (Å²) in [6, 6.07) is 11.6. The Morgan fingerprint density at radius 2 is 1.67 bits per heavy atom. The molecular formula is C26H27Br2NO4. The van der Waals surface area contributed by atoms with E-state index in [1.165, 1.54) is 7.11 Å². The standard InChI is InChI=1S/C26H27Br2NO4/c1-16(2)21-15-20(14-19(25(21)31)6-4-17-8-10-29-11-9-17)33-26-22(27)12-18(13-23(26)28)5-7-24(30)32-3/h8-16,31H,4-7H2,1-3H3. The van der Waals surface area contributed by atoms with Crippen LogP contribution in [-0.2, 0) is 28.8 Å². The minimum atomic E-state index is -0.243. The van der Waals surface area contributed by atoms with Crippen LogP contribution in [0.15, 0.2) is 57.7 Å². The predicted molar refractivity (Wildman–Crippen MR) is 136 cm³/mol. The number of hydrogen-bond donors (Lipinski definition) is 1. The summed E-state index contributed by atoms with van der Waals surface area (Å²) in [4.78, 5) is 15.5. The molecule has 0 saturated carbocycles. The molecule has 3 rings (SSSR count). The third-order valence-electron chi connectivity index (χ3n) is 5.37. The number of halogens is 2. The Morgan fingerprint density at radius 1 is 1.00 bits per heavy atom. The molecule has 2 aromatic carbocycles. The van der Waals surface area contributed by atoms with Crippen LogP contribution in [-0.4, -0.2) is 23.2 Å². The van der Waals surface area contributed by atoms with Crippen molar-refractivity contribution in [3.63, 3.8) is 0 Å². The van der Waals surface area contributed by atoms with E-state index in [-0.39, 0.29) is 11.9 Å². The topological polar surface area (TPSA) is 68.7 Å². The largest absolute Gasteiger partial charge is 0.507 e. The van der Waals surface area contributed by atoms with Gasteiger partial charge in [-0.15, -0.1) is 0 Å². The number of rotatable bonds is 9. The van der Waals surface area contributed by atoms with E-state index in [2.05, 4.69) is 36.8 Å². The third-order valence-corrected chi connectivity index (χ3v) is 6.55. The molecule has 3 aromatic rings. The first kappa shape index (κ1) is 25.2. The second-order valence-electron chi connectivity index (χ2n) is 8.10. The van der Waals surface area contributed by atoms with Gasteiger partial charge in [-0.3, -0.25) is 9.78 Å². The zero-order valence-electron chi connectivity index (χ0n) is 18.9. The molecule has 174 valence electrons. The molecule has 0 spiro atoms. The molecule has 0 bridgehead atoms. The lowest BCUT2D eigenvalue weighted by molar-refractivity contribution is -0.140. The zero-order valence-corrected chi connectivity index (χ0v) is 22.1. The highest BCUT2D eigenvalue weighted by atomic mass is 79.9. The molecule has 0 aliphatic carbocycles. The average Bonchev–Trinajstić information content (AvgIpc) is 2.80. The monoisotopic (exact) mass is 575 g/mol. The van der Waals surface area contributed by atoms with E-state index < -0.39 is 0 Å². The highest BCUT2D eigenvalue weighted by Gasteiger charge is 2.17. The lowest BCUT2D eigenvalue weighted by atomic mass is 9.95. The van der Waals surface area contributed by atoms with Crippen molar-refractivity contribution in [2.24, 2.45) is 0 Å². The second-order valence-corrected chi connectivity index (χ2v) is 9.81. The van der Waals surface area contributed by atoms with Gasteiger partial charge in [-0.1, -0.05) is 13.8 Å². The number of ether oxygens (including phenoxy) is 2. The Morgan fingerprint density at radius 3 is 2.27 bits per heavy atom. The van der Waals surface area contributed by atoms with Crippen molar-refractivity contribution in [2.75, 3.05) is 7.11 Å². The molecule has 1 N–H and O–H groups in total. The number of aromatic nitrogens is 1. The fraction of sp³-hybridized carbons (Fsp3) is 0.308. The maximum absolute atomic E-state index is 11.5. The average molecular weight is 577 g/mol. The highest BCUT2D eigenvalue weighted by molar-refractivity contribution is 9.11. The lowest BCUT2D eigenvalue weighted by Gasteiger charge is -2.17. The normalized spacial score (nSPS) is 11.0. The maximum atomic E-state index is 11.5. The van der Waals surface area contributed by atoms with E-state index in [1.54, 1.807) is 12.4 Å². The molecule has 0 amide bonds. The molecule has 0 saturated heterocycles.